The Morgan fingerprint density at radius 1 is 1.45 bits per heavy atom. The molecule has 0 bridgehead atoms. The number of aliphatic carboxylic acids is 1. The Bertz CT molecular complexity index is 454. The molecule has 2 heterocycles. The van der Waals surface area contributed by atoms with Crippen molar-refractivity contribution in [3.05, 3.63) is 17.8 Å². The zero-order valence-electron chi connectivity index (χ0n) is 12.6. The lowest BCUT2D eigenvalue weighted by Crippen LogP contribution is -2.34. The Kier molecular flexibility index (Phi) is 4.48. The van der Waals surface area contributed by atoms with Crippen molar-refractivity contribution in [1.29, 1.82) is 0 Å². The van der Waals surface area contributed by atoms with Crippen LogP contribution in [0, 0.1) is 5.92 Å². The first-order valence-corrected chi connectivity index (χ1v) is 7.24. The zero-order valence-corrected chi connectivity index (χ0v) is 12.6. The van der Waals surface area contributed by atoms with E-state index in [-0.39, 0.29) is 5.41 Å². The van der Waals surface area contributed by atoms with Crippen molar-refractivity contribution >= 4 is 5.97 Å². The van der Waals surface area contributed by atoms with Gasteiger partial charge in [-0.05, 0) is 31.8 Å². The third-order valence-electron chi connectivity index (χ3n) is 3.82. The summed E-state index contributed by atoms with van der Waals surface area (Å²) in [6.07, 6.45) is 3.99. The molecule has 1 aliphatic rings. The van der Waals surface area contributed by atoms with Gasteiger partial charge in [0.1, 0.15) is 5.76 Å². The highest BCUT2D eigenvalue weighted by Crippen LogP contribution is 2.25. The van der Waals surface area contributed by atoms with Crippen LogP contribution in [0.5, 0.6) is 0 Å². The molecule has 5 heteroatoms. The summed E-state index contributed by atoms with van der Waals surface area (Å²) in [5.41, 5.74) is -0.0142. The van der Waals surface area contributed by atoms with Gasteiger partial charge in [-0.15, -0.1) is 0 Å². The van der Waals surface area contributed by atoms with Gasteiger partial charge in [0.25, 0.3) is 0 Å². The fourth-order valence-electron chi connectivity index (χ4n) is 2.52. The van der Waals surface area contributed by atoms with Crippen molar-refractivity contribution in [3.63, 3.8) is 0 Å². The zero-order chi connectivity index (χ0) is 14.8. The summed E-state index contributed by atoms with van der Waals surface area (Å²) < 4.78 is 5.80. The summed E-state index contributed by atoms with van der Waals surface area (Å²) in [5, 5.41) is 8.81. The van der Waals surface area contributed by atoms with Gasteiger partial charge in [-0.25, -0.2) is 4.98 Å². The lowest BCUT2D eigenvalue weighted by atomic mass is 9.94. The molecule has 0 atom stereocenters. The standard InChI is InChI=1S/C15H24N2O3/c1-15(2,3)12-9-16-13(20-12)10-17-6-4-11(5-7-17)8-14(18)19/h9,11H,4-8,10H2,1-3H3,(H,18,19). The highest BCUT2D eigenvalue weighted by atomic mass is 16.4. The molecule has 0 unspecified atom stereocenters. The Morgan fingerprint density at radius 2 is 2.10 bits per heavy atom. The van der Waals surface area contributed by atoms with Gasteiger partial charge in [0, 0.05) is 11.8 Å². The van der Waals surface area contributed by atoms with Crippen molar-refractivity contribution in [2.75, 3.05) is 13.1 Å². The van der Waals surface area contributed by atoms with Crippen LogP contribution in [0.25, 0.3) is 0 Å². The van der Waals surface area contributed by atoms with E-state index in [9.17, 15) is 4.79 Å². The Labute approximate surface area is 120 Å². The molecule has 1 N–H and O–H groups in total. The number of likely N-dealkylation sites (tertiary alicyclic amines) is 1. The van der Waals surface area contributed by atoms with Crippen molar-refractivity contribution < 1.29 is 14.3 Å². The van der Waals surface area contributed by atoms with Gasteiger partial charge in [0.05, 0.1) is 12.7 Å². The fraction of sp³-hybridized carbons (Fsp3) is 0.733. The summed E-state index contributed by atoms with van der Waals surface area (Å²) >= 11 is 0. The second kappa shape index (κ2) is 5.95. The van der Waals surface area contributed by atoms with E-state index >= 15 is 0 Å². The Hall–Kier alpha value is -1.36. The van der Waals surface area contributed by atoms with E-state index in [1.54, 1.807) is 0 Å². The number of rotatable bonds is 4. The average Bonchev–Trinajstić information content (AvgIpc) is 2.79. The van der Waals surface area contributed by atoms with Crippen LogP contribution in [0.1, 0.15) is 51.7 Å². The molecule has 0 aromatic carbocycles. The van der Waals surface area contributed by atoms with Crippen LogP contribution in [-0.2, 0) is 16.8 Å². The SMILES string of the molecule is CC(C)(C)c1cnc(CN2CCC(CC(=O)O)CC2)o1. The number of oxazole rings is 1. The molecular formula is C15H24N2O3. The van der Waals surface area contributed by atoms with Crippen LogP contribution in [-0.4, -0.2) is 34.0 Å². The minimum atomic E-state index is -0.689. The average molecular weight is 280 g/mol. The van der Waals surface area contributed by atoms with E-state index in [2.05, 4.69) is 30.7 Å². The molecule has 1 saturated heterocycles. The van der Waals surface area contributed by atoms with E-state index in [1.165, 1.54) is 0 Å². The highest BCUT2D eigenvalue weighted by Gasteiger charge is 2.23. The molecule has 1 fully saturated rings. The second-order valence-corrected chi connectivity index (χ2v) is 6.69. The van der Waals surface area contributed by atoms with Gasteiger partial charge in [-0.3, -0.25) is 9.69 Å². The normalized spacial score (nSPS) is 18.4. The monoisotopic (exact) mass is 280 g/mol. The molecule has 0 aliphatic carbocycles. The molecule has 1 aromatic rings. The quantitative estimate of drug-likeness (QED) is 0.918. The van der Waals surface area contributed by atoms with Crippen LogP contribution >= 0.6 is 0 Å². The summed E-state index contributed by atoms with van der Waals surface area (Å²) in [6.45, 7) is 8.88. The lowest BCUT2D eigenvalue weighted by molar-refractivity contribution is -0.138. The maximum Gasteiger partial charge on any atom is 0.303 e. The molecule has 2 rings (SSSR count). The number of hydrogen-bond donors (Lipinski definition) is 1. The predicted octanol–water partition coefficient (Wildman–Crippen LogP) is 2.66. The van der Waals surface area contributed by atoms with Gasteiger partial charge < -0.3 is 9.52 Å². The van der Waals surface area contributed by atoms with E-state index in [4.69, 9.17) is 9.52 Å². The largest absolute Gasteiger partial charge is 0.481 e. The van der Waals surface area contributed by atoms with Crippen molar-refractivity contribution in [2.45, 2.75) is 52.0 Å². The number of carboxylic acids is 1. The van der Waals surface area contributed by atoms with Crippen LogP contribution < -0.4 is 0 Å². The molecule has 0 amide bonds. The maximum absolute atomic E-state index is 10.7. The van der Waals surface area contributed by atoms with E-state index in [0.29, 0.717) is 12.3 Å². The summed E-state index contributed by atoms with van der Waals surface area (Å²) in [6, 6.07) is 0. The molecule has 20 heavy (non-hydrogen) atoms. The van der Waals surface area contributed by atoms with Crippen molar-refractivity contribution in [3.8, 4) is 0 Å². The van der Waals surface area contributed by atoms with Gasteiger partial charge in [0.15, 0.2) is 0 Å². The van der Waals surface area contributed by atoms with Gasteiger partial charge in [-0.2, -0.15) is 0 Å². The lowest BCUT2D eigenvalue weighted by Gasteiger charge is -2.30. The summed E-state index contributed by atoms with van der Waals surface area (Å²) in [4.78, 5) is 17.3. The van der Waals surface area contributed by atoms with E-state index < -0.39 is 5.97 Å². The first-order valence-electron chi connectivity index (χ1n) is 7.24. The fourth-order valence-corrected chi connectivity index (χ4v) is 2.52. The van der Waals surface area contributed by atoms with Gasteiger partial charge >= 0.3 is 5.97 Å². The Balaban J connectivity index is 1.84. The smallest absolute Gasteiger partial charge is 0.303 e. The van der Waals surface area contributed by atoms with E-state index in [1.807, 2.05) is 6.20 Å². The third-order valence-corrected chi connectivity index (χ3v) is 3.82. The maximum atomic E-state index is 10.7. The minimum absolute atomic E-state index is 0.0142. The van der Waals surface area contributed by atoms with Crippen LogP contribution in [0.2, 0.25) is 0 Å². The Morgan fingerprint density at radius 3 is 2.60 bits per heavy atom. The number of aromatic nitrogens is 1. The van der Waals surface area contributed by atoms with E-state index in [0.717, 1.165) is 44.1 Å². The topological polar surface area (TPSA) is 66.6 Å². The van der Waals surface area contributed by atoms with Gasteiger partial charge in [-0.1, -0.05) is 20.8 Å². The van der Waals surface area contributed by atoms with Crippen molar-refractivity contribution in [1.82, 2.24) is 9.88 Å². The second-order valence-electron chi connectivity index (χ2n) is 6.69. The van der Waals surface area contributed by atoms with Crippen LogP contribution in [0.15, 0.2) is 10.6 Å². The summed E-state index contributed by atoms with van der Waals surface area (Å²) in [7, 11) is 0. The summed E-state index contributed by atoms with van der Waals surface area (Å²) in [5.74, 6) is 1.30. The molecular weight excluding hydrogens is 256 g/mol. The van der Waals surface area contributed by atoms with Crippen LogP contribution in [0.3, 0.4) is 0 Å². The first-order chi connectivity index (χ1) is 9.34. The predicted molar refractivity (Wildman–Crippen MR) is 75.5 cm³/mol. The molecule has 112 valence electrons. The highest BCUT2D eigenvalue weighted by molar-refractivity contribution is 5.67. The molecule has 0 saturated carbocycles. The molecule has 5 nitrogen and oxygen atoms in total. The molecule has 1 aromatic heterocycles. The third kappa shape index (κ3) is 4.07. The number of carbonyl (C=O) groups is 1. The number of piperidine rings is 1. The molecule has 1 aliphatic heterocycles. The van der Waals surface area contributed by atoms with Gasteiger partial charge in [0.2, 0.25) is 5.89 Å². The van der Waals surface area contributed by atoms with Crippen LogP contribution in [0.4, 0.5) is 0 Å². The number of carboxylic acid groups (broad SMARTS) is 1. The number of hydrogen-bond acceptors (Lipinski definition) is 4. The first kappa shape index (κ1) is 15.0. The van der Waals surface area contributed by atoms with Crippen molar-refractivity contribution in [2.24, 2.45) is 5.92 Å². The molecule has 0 radical (unpaired) electrons. The number of nitrogens with zero attached hydrogens (tertiary/aromatic N) is 2. The minimum Gasteiger partial charge on any atom is -0.481 e. The molecule has 0 spiro atoms.